The van der Waals surface area contributed by atoms with E-state index in [1.54, 1.807) is 7.11 Å². The second kappa shape index (κ2) is 20.0. The first-order valence-electron chi connectivity index (χ1n) is 26.1. The molecule has 11 aromatic rings. The van der Waals surface area contributed by atoms with E-state index in [2.05, 4.69) is 213 Å². The van der Waals surface area contributed by atoms with Crippen molar-refractivity contribution in [2.45, 2.75) is 39.5 Å². The van der Waals surface area contributed by atoms with Crippen molar-refractivity contribution in [1.82, 2.24) is 4.57 Å². The molecule has 0 atom stereocenters. The molecule has 6 heteroatoms. The lowest BCUT2D eigenvalue weighted by Crippen LogP contribution is -2.30. The molecule has 1 aliphatic rings. The van der Waals surface area contributed by atoms with E-state index in [1.807, 2.05) is 48.5 Å². The SMILES string of the molecule is COc1ccc(-c2ccc3c4ccc(-c5ccc(OCCCOc6ccc(-c7ccccc7)c(C)c6)cc5C)cc4n(-c4ccc(C(=O)c5ccc(N6c7ccccc7C(C)(C)c7ccccc76)cc5)cc4)c3c2)cc1. The van der Waals surface area contributed by atoms with Gasteiger partial charge >= 0.3 is 0 Å². The fourth-order valence-electron chi connectivity index (χ4n) is 11.2. The number of anilines is 3. The maximum Gasteiger partial charge on any atom is 0.193 e. The molecule has 2 heterocycles. The maximum atomic E-state index is 14.3. The number of hydrogen-bond donors (Lipinski definition) is 0. The molecule has 0 aliphatic carbocycles. The smallest absolute Gasteiger partial charge is 0.193 e. The summed E-state index contributed by atoms with van der Waals surface area (Å²) in [5.74, 6) is 2.49. The van der Waals surface area contributed by atoms with Crippen LogP contribution in [0.4, 0.5) is 17.1 Å². The van der Waals surface area contributed by atoms with Gasteiger partial charge in [0.05, 0.1) is 42.7 Å². The molecule has 0 unspecified atom stereocenters. The number of ketones is 1. The number of benzene rings is 10. The third-order valence-corrected chi connectivity index (χ3v) is 15.2. The van der Waals surface area contributed by atoms with Crippen molar-refractivity contribution in [2.75, 3.05) is 25.2 Å². The van der Waals surface area contributed by atoms with Gasteiger partial charge in [0.25, 0.3) is 0 Å². The van der Waals surface area contributed by atoms with Crippen LogP contribution in [0.2, 0.25) is 0 Å². The fraction of sp³-hybridized carbons (Fsp3) is 0.129. The van der Waals surface area contributed by atoms with Gasteiger partial charge in [-0.05, 0) is 179 Å². The minimum absolute atomic E-state index is 0.0266. The topological polar surface area (TPSA) is 52.9 Å². The van der Waals surface area contributed by atoms with Gasteiger partial charge in [-0.1, -0.05) is 129 Å². The normalized spacial score (nSPS) is 12.6. The number of carbonyl (C=O) groups is 1. The van der Waals surface area contributed by atoms with E-state index in [0.717, 1.165) is 96.0 Å². The van der Waals surface area contributed by atoms with E-state index < -0.39 is 0 Å². The third-order valence-electron chi connectivity index (χ3n) is 15.2. The third kappa shape index (κ3) is 8.86. The predicted molar refractivity (Wildman–Crippen MR) is 312 cm³/mol. The second-order valence-electron chi connectivity index (χ2n) is 20.3. The molecule has 76 heavy (non-hydrogen) atoms. The standard InChI is InChI=1S/C70H58N2O4/c1-46-42-57(34-38-59(46)49-14-7-6-8-15-49)75-40-13-41-76-58-35-39-60(47(2)43-58)53-27-37-62-61-36-26-52(48-24-32-56(74-5)33-25-48)44-67(61)72(68(62)45-53)55-30-22-51(23-31-55)69(73)50-20-28-54(29-21-50)71-65-18-11-9-16-63(65)70(3,4)64-17-10-12-19-66(64)71/h6-12,14-39,42-45H,13,40-41H2,1-5H3. The van der Waals surface area contributed by atoms with Crippen molar-refractivity contribution in [3.8, 4) is 56.3 Å². The van der Waals surface area contributed by atoms with Crippen molar-refractivity contribution >= 4 is 44.7 Å². The molecule has 0 saturated carbocycles. The number of nitrogens with zero attached hydrogens (tertiary/aromatic N) is 2. The van der Waals surface area contributed by atoms with Crippen LogP contribution >= 0.6 is 0 Å². The number of para-hydroxylation sites is 2. The number of rotatable bonds is 14. The first-order chi connectivity index (χ1) is 37.1. The van der Waals surface area contributed by atoms with E-state index in [0.29, 0.717) is 24.3 Å². The summed E-state index contributed by atoms with van der Waals surface area (Å²) in [6.45, 7) is 9.96. The van der Waals surface area contributed by atoms with Crippen LogP contribution in [-0.2, 0) is 5.41 Å². The minimum atomic E-state index is -0.150. The average molecular weight is 991 g/mol. The molecule has 6 nitrogen and oxygen atoms in total. The molecule has 1 aliphatic heterocycles. The maximum absolute atomic E-state index is 14.3. The Morgan fingerprint density at radius 2 is 0.921 bits per heavy atom. The van der Waals surface area contributed by atoms with Crippen molar-refractivity contribution in [1.29, 1.82) is 0 Å². The van der Waals surface area contributed by atoms with Gasteiger partial charge in [-0.3, -0.25) is 4.79 Å². The molecule has 0 radical (unpaired) electrons. The molecule has 10 aromatic carbocycles. The summed E-state index contributed by atoms with van der Waals surface area (Å²) in [6.07, 6.45) is 0.757. The summed E-state index contributed by atoms with van der Waals surface area (Å²) in [6, 6.07) is 78.0. The molecule has 0 spiro atoms. The number of hydrogen-bond acceptors (Lipinski definition) is 5. The highest BCUT2D eigenvalue weighted by atomic mass is 16.5. The lowest BCUT2D eigenvalue weighted by atomic mass is 9.73. The van der Waals surface area contributed by atoms with Crippen molar-refractivity contribution in [3.63, 3.8) is 0 Å². The minimum Gasteiger partial charge on any atom is -0.497 e. The Balaban J connectivity index is 0.808. The molecule has 1 aromatic heterocycles. The number of aromatic nitrogens is 1. The Kier molecular flexibility index (Phi) is 12.6. The van der Waals surface area contributed by atoms with Crippen LogP contribution in [0.25, 0.3) is 60.9 Å². The first-order valence-corrected chi connectivity index (χ1v) is 26.1. The number of methoxy groups -OCH3 is 1. The van der Waals surface area contributed by atoms with E-state index in [1.165, 1.54) is 27.8 Å². The molecule has 0 N–H and O–H groups in total. The summed E-state index contributed by atoms with van der Waals surface area (Å²) in [5.41, 5.74) is 19.2. The number of carbonyl (C=O) groups excluding carboxylic acids is 1. The zero-order chi connectivity index (χ0) is 51.9. The van der Waals surface area contributed by atoms with Gasteiger partial charge in [0.1, 0.15) is 17.2 Å². The second-order valence-corrected chi connectivity index (χ2v) is 20.3. The quantitative estimate of drug-likeness (QED) is 0.0803. The molecule has 372 valence electrons. The van der Waals surface area contributed by atoms with Gasteiger partial charge in [0, 0.05) is 45.1 Å². The number of aryl methyl sites for hydroxylation is 2. The zero-order valence-corrected chi connectivity index (χ0v) is 43.5. The molecule has 0 amide bonds. The van der Waals surface area contributed by atoms with Gasteiger partial charge in [-0.15, -0.1) is 0 Å². The molecular weight excluding hydrogens is 933 g/mol. The summed E-state index contributed by atoms with van der Waals surface area (Å²) >= 11 is 0. The van der Waals surface area contributed by atoms with Crippen LogP contribution in [0.1, 0.15) is 58.4 Å². The highest BCUT2D eigenvalue weighted by molar-refractivity contribution is 6.12. The summed E-state index contributed by atoms with van der Waals surface area (Å²) in [5, 5.41) is 2.29. The first kappa shape index (κ1) is 47.8. The van der Waals surface area contributed by atoms with Gasteiger partial charge < -0.3 is 23.7 Å². The van der Waals surface area contributed by atoms with Crippen LogP contribution in [0.15, 0.2) is 224 Å². The number of ether oxygens (including phenoxy) is 3. The van der Waals surface area contributed by atoms with Crippen LogP contribution in [0, 0.1) is 13.8 Å². The Hall–Kier alpha value is -9.13. The fourth-order valence-corrected chi connectivity index (χ4v) is 11.2. The Bertz CT molecular complexity index is 3900. The molecule has 0 fully saturated rings. The van der Waals surface area contributed by atoms with Gasteiger partial charge in [0.2, 0.25) is 0 Å². The summed E-state index contributed by atoms with van der Waals surface area (Å²) in [4.78, 5) is 16.6. The van der Waals surface area contributed by atoms with E-state index in [4.69, 9.17) is 14.2 Å². The molecule has 0 saturated heterocycles. The Labute approximate surface area is 445 Å². The van der Waals surface area contributed by atoms with Crippen LogP contribution in [0.5, 0.6) is 17.2 Å². The monoisotopic (exact) mass is 990 g/mol. The van der Waals surface area contributed by atoms with Gasteiger partial charge in [0.15, 0.2) is 5.78 Å². The predicted octanol–water partition coefficient (Wildman–Crippen LogP) is 17.6. The average Bonchev–Trinajstić information content (AvgIpc) is 3.94. The zero-order valence-electron chi connectivity index (χ0n) is 43.5. The van der Waals surface area contributed by atoms with E-state index in [9.17, 15) is 4.79 Å². The Morgan fingerprint density at radius 3 is 1.47 bits per heavy atom. The molecule has 12 rings (SSSR count). The lowest BCUT2D eigenvalue weighted by molar-refractivity contribution is 0.103. The van der Waals surface area contributed by atoms with Crippen LogP contribution < -0.4 is 19.1 Å². The molecule has 0 bridgehead atoms. The highest BCUT2D eigenvalue weighted by Crippen LogP contribution is 2.51. The van der Waals surface area contributed by atoms with Crippen LogP contribution in [-0.4, -0.2) is 30.7 Å². The van der Waals surface area contributed by atoms with E-state index >= 15 is 0 Å². The highest BCUT2D eigenvalue weighted by Gasteiger charge is 2.36. The van der Waals surface area contributed by atoms with Crippen molar-refractivity contribution in [2.24, 2.45) is 0 Å². The van der Waals surface area contributed by atoms with Crippen molar-refractivity contribution in [3.05, 3.63) is 258 Å². The molecular formula is C70H58N2O4. The van der Waals surface area contributed by atoms with Crippen molar-refractivity contribution < 1.29 is 19.0 Å². The largest absolute Gasteiger partial charge is 0.497 e. The summed E-state index contributed by atoms with van der Waals surface area (Å²) in [7, 11) is 1.69. The number of fused-ring (bicyclic) bond motifs is 5. The van der Waals surface area contributed by atoms with E-state index in [-0.39, 0.29) is 11.2 Å². The van der Waals surface area contributed by atoms with Gasteiger partial charge in [-0.2, -0.15) is 0 Å². The van der Waals surface area contributed by atoms with Gasteiger partial charge in [-0.25, -0.2) is 0 Å². The Morgan fingerprint density at radius 1 is 0.447 bits per heavy atom. The lowest BCUT2D eigenvalue weighted by Gasteiger charge is -2.42. The summed E-state index contributed by atoms with van der Waals surface area (Å²) < 4.78 is 20.2. The van der Waals surface area contributed by atoms with Crippen LogP contribution in [0.3, 0.4) is 0 Å².